The monoisotopic (exact) mass is 412 g/mol. The van der Waals surface area contributed by atoms with Gasteiger partial charge in [0, 0.05) is 13.1 Å². The minimum absolute atomic E-state index is 0.174. The van der Waals surface area contributed by atoms with Crippen molar-refractivity contribution in [2.75, 3.05) is 26.2 Å². The van der Waals surface area contributed by atoms with E-state index >= 15 is 0 Å². The lowest BCUT2D eigenvalue weighted by atomic mass is 9.99. The van der Waals surface area contributed by atoms with Crippen LogP contribution in [0, 0.1) is 5.92 Å². The average molecular weight is 412 g/mol. The maximum atomic E-state index is 12.0. The minimum atomic E-state index is -2.11. The molecule has 3 unspecified atom stereocenters. The predicted octanol–water partition coefficient (Wildman–Crippen LogP) is -1.08. The number of carboxylic acid groups (broad SMARTS) is 1. The van der Waals surface area contributed by atoms with E-state index in [2.05, 4.69) is 20.7 Å². The van der Waals surface area contributed by atoms with Gasteiger partial charge in [-0.3, -0.25) is 14.4 Å². The van der Waals surface area contributed by atoms with Crippen molar-refractivity contribution >= 4 is 29.1 Å². The number of rotatable bonds is 10. The molecule has 1 heterocycles. The van der Waals surface area contributed by atoms with Crippen LogP contribution in [-0.2, 0) is 25.7 Å². The van der Waals surface area contributed by atoms with E-state index in [1.807, 2.05) is 0 Å². The summed E-state index contributed by atoms with van der Waals surface area (Å²) in [4.78, 5) is 35.1. The summed E-state index contributed by atoms with van der Waals surface area (Å²) < 4.78 is 19.2. The zero-order valence-corrected chi connectivity index (χ0v) is 16.0. The molecule has 154 valence electrons. The summed E-state index contributed by atoms with van der Waals surface area (Å²) in [5, 5.41) is 17.2. The number of amides is 2. The topological polar surface area (TPSA) is 146 Å². The molecule has 0 saturated carbocycles. The minimum Gasteiger partial charge on any atom is -0.480 e. The predicted molar refractivity (Wildman–Crippen MR) is 101 cm³/mol. The molecular weight excluding hydrogens is 388 g/mol. The van der Waals surface area contributed by atoms with Gasteiger partial charge in [-0.2, -0.15) is 8.93 Å². The molecule has 2 amide bonds. The van der Waals surface area contributed by atoms with E-state index < -0.39 is 29.2 Å². The second kappa shape index (κ2) is 11.4. The molecule has 1 fully saturated rings. The number of benzene rings is 1. The lowest BCUT2D eigenvalue weighted by Crippen LogP contribution is -2.49. The first-order valence-corrected chi connectivity index (χ1v) is 9.92. The van der Waals surface area contributed by atoms with E-state index in [1.54, 1.807) is 30.3 Å². The van der Waals surface area contributed by atoms with Crippen molar-refractivity contribution in [3.8, 4) is 5.75 Å². The Morgan fingerprint density at radius 3 is 2.64 bits per heavy atom. The van der Waals surface area contributed by atoms with Gasteiger partial charge in [-0.1, -0.05) is 18.2 Å². The molecule has 10 nitrogen and oxygen atoms in total. The molecule has 1 aromatic rings. The number of aliphatic carboxylic acids is 1. The number of piperidine rings is 1. The quantitative estimate of drug-likeness (QED) is 0.328. The molecule has 2 rings (SSSR count). The van der Waals surface area contributed by atoms with Gasteiger partial charge in [0.1, 0.15) is 11.8 Å². The summed E-state index contributed by atoms with van der Waals surface area (Å²) in [6, 6.07) is 6.93. The van der Waals surface area contributed by atoms with Gasteiger partial charge in [0.15, 0.2) is 0 Å². The van der Waals surface area contributed by atoms with E-state index in [4.69, 9.17) is 4.18 Å². The van der Waals surface area contributed by atoms with Gasteiger partial charge in [-0.25, -0.2) is 0 Å². The van der Waals surface area contributed by atoms with Gasteiger partial charge < -0.3 is 25.2 Å². The van der Waals surface area contributed by atoms with Crippen molar-refractivity contribution in [3.05, 3.63) is 30.3 Å². The molecule has 0 bridgehead atoms. The summed E-state index contributed by atoms with van der Waals surface area (Å²) in [5.41, 5.74) is 0. The third kappa shape index (κ3) is 7.62. The molecule has 28 heavy (non-hydrogen) atoms. The van der Waals surface area contributed by atoms with Crippen molar-refractivity contribution in [3.63, 3.8) is 0 Å². The Bertz CT molecular complexity index is 696. The van der Waals surface area contributed by atoms with E-state index in [-0.39, 0.29) is 24.9 Å². The van der Waals surface area contributed by atoms with Crippen LogP contribution in [0.5, 0.6) is 5.75 Å². The molecule has 1 saturated heterocycles. The summed E-state index contributed by atoms with van der Waals surface area (Å²) in [6.45, 7) is 0.874. The Morgan fingerprint density at radius 2 is 2.00 bits per heavy atom. The molecule has 0 spiro atoms. The van der Waals surface area contributed by atoms with Crippen LogP contribution in [0.1, 0.15) is 12.8 Å². The Kier molecular flexibility index (Phi) is 8.85. The molecule has 5 N–H and O–H groups in total. The van der Waals surface area contributed by atoms with Crippen LogP contribution in [0.15, 0.2) is 30.3 Å². The maximum absolute atomic E-state index is 12.0. The van der Waals surface area contributed by atoms with Gasteiger partial charge in [0.05, 0.1) is 12.5 Å². The van der Waals surface area contributed by atoms with Crippen LogP contribution in [-0.4, -0.2) is 59.3 Å². The molecule has 3 atom stereocenters. The Hall–Kier alpha value is -2.50. The van der Waals surface area contributed by atoms with Crippen LogP contribution in [0.3, 0.4) is 0 Å². The number of para-hydroxylation sites is 1. The van der Waals surface area contributed by atoms with Crippen molar-refractivity contribution in [2.45, 2.75) is 18.9 Å². The van der Waals surface area contributed by atoms with E-state index in [1.165, 1.54) is 0 Å². The number of hydrogen-bond acceptors (Lipinski definition) is 6. The van der Waals surface area contributed by atoms with Gasteiger partial charge in [0.2, 0.25) is 11.8 Å². The summed E-state index contributed by atoms with van der Waals surface area (Å²) >= 11 is -2.11. The Morgan fingerprint density at radius 1 is 1.25 bits per heavy atom. The third-order valence-electron chi connectivity index (χ3n) is 4.05. The fourth-order valence-corrected chi connectivity index (χ4v) is 3.30. The largest absolute Gasteiger partial charge is 0.480 e. The molecule has 1 aliphatic rings. The normalized spacial score (nSPS) is 18.5. The maximum Gasteiger partial charge on any atom is 0.323 e. The second-order valence-electron chi connectivity index (χ2n) is 6.20. The Labute approximate surface area is 165 Å². The van der Waals surface area contributed by atoms with Crippen LogP contribution in [0.4, 0.5) is 0 Å². The van der Waals surface area contributed by atoms with Crippen molar-refractivity contribution in [1.29, 1.82) is 0 Å². The highest BCUT2D eigenvalue weighted by molar-refractivity contribution is 7.78. The van der Waals surface area contributed by atoms with E-state index in [9.17, 15) is 23.7 Å². The van der Waals surface area contributed by atoms with Gasteiger partial charge in [-0.05, 0) is 31.5 Å². The molecule has 1 aromatic carbocycles. The highest BCUT2D eigenvalue weighted by Gasteiger charge is 2.23. The molecule has 0 aromatic heterocycles. The van der Waals surface area contributed by atoms with Crippen molar-refractivity contribution in [2.24, 2.45) is 5.92 Å². The molecule has 0 radical (unpaired) electrons. The fraction of sp³-hybridized carbons (Fsp3) is 0.471. The van der Waals surface area contributed by atoms with E-state index in [0.717, 1.165) is 19.4 Å². The highest BCUT2D eigenvalue weighted by atomic mass is 32.2. The van der Waals surface area contributed by atoms with Crippen LogP contribution < -0.4 is 24.9 Å². The first-order valence-electron chi connectivity index (χ1n) is 8.85. The van der Waals surface area contributed by atoms with Gasteiger partial charge in [-0.15, -0.1) is 0 Å². The molecule has 1 aliphatic heterocycles. The zero-order chi connectivity index (χ0) is 20.4. The highest BCUT2D eigenvalue weighted by Crippen LogP contribution is 2.10. The number of nitrogens with one attached hydrogen (secondary N) is 4. The van der Waals surface area contributed by atoms with Crippen molar-refractivity contribution < 1.29 is 27.9 Å². The molecule has 0 aliphatic carbocycles. The molecular formula is C17H24N4O6S. The van der Waals surface area contributed by atoms with Crippen molar-refractivity contribution in [1.82, 2.24) is 20.7 Å². The first-order chi connectivity index (χ1) is 13.5. The van der Waals surface area contributed by atoms with Crippen LogP contribution in [0.2, 0.25) is 0 Å². The standard InChI is InChI=1S/C17H24N4O6S/c22-15(11-20-16(23)12-5-4-8-18-9-12)19-10-14(17(24)25)21-28(26)27-13-6-2-1-3-7-13/h1-3,6-7,12,14,18,21H,4-5,8-11H2,(H,19,22)(H,20,23)(H,24,25). The zero-order valence-electron chi connectivity index (χ0n) is 15.2. The smallest absolute Gasteiger partial charge is 0.323 e. The number of carbonyl (C=O) groups is 3. The summed E-state index contributed by atoms with van der Waals surface area (Å²) in [5.74, 6) is -1.93. The van der Waals surface area contributed by atoms with Crippen LogP contribution in [0.25, 0.3) is 0 Å². The fourth-order valence-electron chi connectivity index (χ4n) is 2.55. The summed E-state index contributed by atoms with van der Waals surface area (Å²) in [7, 11) is 0. The Balaban J connectivity index is 1.72. The average Bonchev–Trinajstić information content (AvgIpc) is 2.70. The van der Waals surface area contributed by atoms with Gasteiger partial charge >= 0.3 is 5.97 Å². The molecule has 11 heteroatoms. The lowest BCUT2D eigenvalue weighted by Gasteiger charge is -2.21. The van der Waals surface area contributed by atoms with Crippen LogP contribution >= 0.6 is 0 Å². The number of hydrogen-bond donors (Lipinski definition) is 5. The second-order valence-corrected chi connectivity index (χ2v) is 7.08. The third-order valence-corrected chi connectivity index (χ3v) is 4.87. The number of carboxylic acids is 1. The SMILES string of the molecule is O=C(CNC(=O)C1CCCNC1)NCC(NS(=O)Oc1ccccc1)C(=O)O. The summed E-state index contributed by atoms with van der Waals surface area (Å²) in [6.07, 6.45) is 1.66. The number of carbonyl (C=O) groups excluding carboxylic acids is 2. The van der Waals surface area contributed by atoms with Gasteiger partial charge in [0.25, 0.3) is 11.3 Å². The lowest BCUT2D eigenvalue weighted by molar-refractivity contribution is -0.139. The first kappa shape index (κ1) is 21.8. The van der Waals surface area contributed by atoms with E-state index in [0.29, 0.717) is 12.3 Å².